The maximum Gasteiger partial charge on any atom is 0.167 e. The van der Waals surface area contributed by atoms with Gasteiger partial charge in [-0.05, 0) is 27.7 Å². The number of nitrogens with one attached hydrogen (secondary N) is 1. The minimum absolute atomic E-state index is 0.213. The predicted octanol–water partition coefficient (Wildman–Crippen LogP) is 2.44. The van der Waals surface area contributed by atoms with Crippen LogP contribution < -0.4 is 0 Å². The van der Waals surface area contributed by atoms with Crippen LogP contribution >= 0.6 is 0 Å². The van der Waals surface area contributed by atoms with E-state index < -0.39 is 11.1 Å². The molecule has 0 saturated heterocycles. The molecule has 96 valence electrons. The summed E-state index contributed by atoms with van der Waals surface area (Å²) in [6.07, 6.45) is 0. The summed E-state index contributed by atoms with van der Waals surface area (Å²) in [6.45, 7) is 7.45. The molecule has 2 N–H and O–H groups in total. The summed E-state index contributed by atoms with van der Waals surface area (Å²) >= 11 is 0. The molecule has 4 nitrogen and oxygen atoms in total. The quantitative estimate of drug-likeness (QED) is 0.589. The van der Waals surface area contributed by atoms with E-state index >= 15 is 0 Å². The third-order valence-corrected chi connectivity index (χ3v) is 4.01. The first kappa shape index (κ1) is 12.8. The van der Waals surface area contributed by atoms with Crippen LogP contribution in [0.2, 0.25) is 0 Å². The molecule has 0 aliphatic carbocycles. The number of aliphatic hydroxyl groups is 1. The van der Waals surface area contributed by atoms with Gasteiger partial charge in [0.1, 0.15) is 0 Å². The molecule has 0 bridgehead atoms. The molecule has 0 amide bonds. The third-order valence-electron chi connectivity index (χ3n) is 4.01. The molecule has 1 heterocycles. The largest absolute Gasteiger partial charge is 0.368 e. The smallest absolute Gasteiger partial charge is 0.167 e. The zero-order valence-electron chi connectivity index (χ0n) is 11.2. The number of nitrogens with zero attached hydrogens (tertiary/aromatic N) is 2. The Labute approximate surface area is 107 Å². The highest BCUT2D eigenvalue weighted by Gasteiger charge is 2.52. The fourth-order valence-corrected chi connectivity index (χ4v) is 1.97. The van der Waals surface area contributed by atoms with E-state index in [9.17, 15) is 5.11 Å². The van der Waals surface area contributed by atoms with E-state index in [4.69, 9.17) is 5.41 Å². The minimum Gasteiger partial charge on any atom is -0.368 e. The molecular weight excluding hydrogens is 226 g/mol. The standard InChI is InChI=1S/C14H19N3O/c1-10-13(2,3)14(4,18)17(16-10)12(15)11-8-6-5-7-9-11/h5-9,15,18H,1-4H3. The molecule has 0 saturated carbocycles. The molecule has 1 aliphatic heterocycles. The van der Waals surface area contributed by atoms with Crippen molar-refractivity contribution < 1.29 is 5.11 Å². The zero-order valence-corrected chi connectivity index (χ0v) is 11.2. The van der Waals surface area contributed by atoms with E-state index in [1.807, 2.05) is 51.1 Å². The van der Waals surface area contributed by atoms with E-state index in [1.54, 1.807) is 6.92 Å². The van der Waals surface area contributed by atoms with Gasteiger partial charge < -0.3 is 5.11 Å². The summed E-state index contributed by atoms with van der Waals surface area (Å²) in [4.78, 5) is 0. The lowest BCUT2D eigenvalue weighted by molar-refractivity contribution is -0.0961. The van der Waals surface area contributed by atoms with Gasteiger partial charge in [0.2, 0.25) is 0 Å². The Morgan fingerprint density at radius 2 is 1.78 bits per heavy atom. The fraction of sp³-hybridized carbons (Fsp3) is 0.429. The van der Waals surface area contributed by atoms with Gasteiger partial charge in [0, 0.05) is 11.3 Å². The molecule has 1 aromatic rings. The van der Waals surface area contributed by atoms with Crippen LogP contribution in [0, 0.1) is 10.8 Å². The predicted molar refractivity (Wildman–Crippen MR) is 72.6 cm³/mol. The number of hydrogen-bond donors (Lipinski definition) is 2. The number of hydrazone groups is 1. The van der Waals surface area contributed by atoms with Gasteiger partial charge in [-0.1, -0.05) is 30.3 Å². The molecule has 0 fully saturated rings. The Kier molecular flexibility index (Phi) is 2.78. The van der Waals surface area contributed by atoms with Gasteiger partial charge in [-0.25, -0.2) is 5.01 Å². The second-order valence-corrected chi connectivity index (χ2v) is 5.36. The molecule has 18 heavy (non-hydrogen) atoms. The van der Waals surface area contributed by atoms with Crippen molar-refractivity contribution in [1.29, 1.82) is 5.41 Å². The van der Waals surface area contributed by atoms with E-state index in [2.05, 4.69) is 5.10 Å². The van der Waals surface area contributed by atoms with E-state index in [-0.39, 0.29) is 5.84 Å². The van der Waals surface area contributed by atoms with Gasteiger partial charge in [0.05, 0.1) is 5.41 Å². The van der Waals surface area contributed by atoms with Crippen LogP contribution in [0.15, 0.2) is 35.4 Å². The maximum absolute atomic E-state index is 10.7. The minimum atomic E-state index is -1.19. The zero-order chi connectivity index (χ0) is 13.6. The molecule has 1 aromatic carbocycles. The Bertz CT molecular complexity index is 503. The highest BCUT2D eigenvalue weighted by Crippen LogP contribution is 2.41. The number of hydrogen-bond acceptors (Lipinski definition) is 3. The molecule has 0 spiro atoms. The molecular formula is C14H19N3O. The lowest BCUT2D eigenvalue weighted by atomic mass is 9.79. The lowest BCUT2D eigenvalue weighted by Gasteiger charge is -2.38. The van der Waals surface area contributed by atoms with Crippen molar-refractivity contribution in [2.24, 2.45) is 10.5 Å². The molecule has 0 aromatic heterocycles. The fourth-order valence-electron chi connectivity index (χ4n) is 1.97. The van der Waals surface area contributed by atoms with Gasteiger partial charge >= 0.3 is 0 Å². The monoisotopic (exact) mass is 245 g/mol. The van der Waals surface area contributed by atoms with Crippen LogP contribution in [0.3, 0.4) is 0 Å². The average molecular weight is 245 g/mol. The molecule has 4 heteroatoms. The number of amidine groups is 1. The van der Waals surface area contributed by atoms with Crippen molar-refractivity contribution in [3.05, 3.63) is 35.9 Å². The van der Waals surface area contributed by atoms with Gasteiger partial charge in [-0.3, -0.25) is 5.41 Å². The van der Waals surface area contributed by atoms with Crippen LogP contribution in [0.1, 0.15) is 33.3 Å². The van der Waals surface area contributed by atoms with Gasteiger partial charge in [0.25, 0.3) is 0 Å². The second kappa shape index (κ2) is 3.92. The van der Waals surface area contributed by atoms with Gasteiger partial charge in [-0.2, -0.15) is 5.10 Å². The van der Waals surface area contributed by atoms with Crippen LogP contribution in [-0.4, -0.2) is 27.4 Å². The first-order valence-corrected chi connectivity index (χ1v) is 6.01. The van der Waals surface area contributed by atoms with Crippen molar-refractivity contribution in [1.82, 2.24) is 5.01 Å². The Balaban J connectivity index is 2.40. The van der Waals surface area contributed by atoms with Crippen molar-refractivity contribution in [3.8, 4) is 0 Å². The second-order valence-electron chi connectivity index (χ2n) is 5.36. The number of rotatable bonds is 1. The molecule has 0 radical (unpaired) electrons. The highest BCUT2D eigenvalue weighted by atomic mass is 16.3. The molecule has 1 atom stereocenters. The van der Waals surface area contributed by atoms with E-state index in [1.165, 1.54) is 5.01 Å². The van der Waals surface area contributed by atoms with Crippen LogP contribution in [0.4, 0.5) is 0 Å². The number of benzene rings is 1. The Hall–Kier alpha value is -1.68. The van der Waals surface area contributed by atoms with Crippen LogP contribution in [0.5, 0.6) is 0 Å². The molecule has 1 unspecified atom stereocenters. The average Bonchev–Trinajstić information content (AvgIpc) is 2.49. The van der Waals surface area contributed by atoms with Gasteiger partial charge in [0.15, 0.2) is 11.6 Å². The van der Waals surface area contributed by atoms with Crippen molar-refractivity contribution in [2.75, 3.05) is 0 Å². The summed E-state index contributed by atoms with van der Waals surface area (Å²) in [7, 11) is 0. The van der Waals surface area contributed by atoms with Crippen LogP contribution in [0.25, 0.3) is 0 Å². The van der Waals surface area contributed by atoms with E-state index in [0.29, 0.717) is 0 Å². The van der Waals surface area contributed by atoms with E-state index in [0.717, 1.165) is 11.3 Å². The normalized spacial score (nSPS) is 26.1. The summed E-state index contributed by atoms with van der Waals surface area (Å²) in [5.41, 5.74) is -0.0989. The van der Waals surface area contributed by atoms with Gasteiger partial charge in [-0.15, -0.1) is 0 Å². The summed E-state index contributed by atoms with van der Waals surface area (Å²) < 4.78 is 0. The Morgan fingerprint density at radius 1 is 1.22 bits per heavy atom. The van der Waals surface area contributed by atoms with Crippen LogP contribution in [-0.2, 0) is 0 Å². The maximum atomic E-state index is 10.7. The van der Waals surface area contributed by atoms with Crippen molar-refractivity contribution in [3.63, 3.8) is 0 Å². The SMILES string of the molecule is CC1=NN(C(=N)c2ccccc2)C(C)(O)C1(C)C. The lowest BCUT2D eigenvalue weighted by Crippen LogP contribution is -2.53. The summed E-state index contributed by atoms with van der Waals surface area (Å²) in [5.74, 6) is 0.213. The highest BCUT2D eigenvalue weighted by molar-refractivity contribution is 6.00. The summed E-state index contributed by atoms with van der Waals surface area (Å²) in [5, 5.41) is 24.6. The molecule has 2 rings (SSSR count). The first-order valence-electron chi connectivity index (χ1n) is 6.01. The van der Waals surface area contributed by atoms with Crippen molar-refractivity contribution in [2.45, 2.75) is 33.4 Å². The first-order chi connectivity index (χ1) is 8.28. The topological polar surface area (TPSA) is 59.7 Å². The third kappa shape index (κ3) is 1.64. The molecule has 1 aliphatic rings. The Morgan fingerprint density at radius 3 is 2.22 bits per heavy atom. The summed E-state index contributed by atoms with van der Waals surface area (Å²) in [6, 6.07) is 9.33. The van der Waals surface area contributed by atoms with Crippen molar-refractivity contribution >= 4 is 11.5 Å².